The lowest BCUT2D eigenvalue weighted by atomic mass is 9.85. The third kappa shape index (κ3) is 7.59. The van der Waals surface area contributed by atoms with E-state index in [4.69, 9.17) is 4.74 Å². The van der Waals surface area contributed by atoms with Crippen LogP contribution in [0.1, 0.15) is 86.8 Å². The fourth-order valence-corrected chi connectivity index (χ4v) is 7.90. The van der Waals surface area contributed by atoms with Crippen LogP contribution in [0.3, 0.4) is 0 Å². The molecule has 0 spiro atoms. The van der Waals surface area contributed by atoms with E-state index in [1.807, 2.05) is 0 Å². The average molecular weight is 606 g/mol. The molecular formula is C27H35F4N3O4S2. The van der Waals surface area contributed by atoms with Crippen molar-refractivity contribution in [2.45, 2.75) is 94.8 Å². The Bertz CT molecular complexity index is 1320. The van der Waals surface area contributed by atoms with Gasteiger partial charge in [-0.3, -0.25) is 4.79 Å². The van der Waals surface area contributed by atoms with Gasteiger partial charge in [-0.1, -0.05) is 32.1 Å². The minimum Gasteiger partial charge on any atom is -0.381 e. The molecule has 1 saturated heterocycles. The maximum atomic E-state index is 15.4. The van der Waals surface area contributed by atoms with Gasteiger partial charge in [-0.15, -0.1) is 11.3 Å². The minimum atomic E-state index is -5.16. The Morgan fingerprint density at radius 2 is 1.73 bits per heavy atom. The number of nitrogens with one attached hydrogen (secondary N) is 2. The summed E-state index contributed by atoms with van der Waals surface area (Å²) in [6, 6.07) is 1.34. The Hall–Kier alpha value is -2.09. The van der Waals surface area contributed by atoms with Crippen molar-refractivity contribution in [1.29, 1.82) is 0 Å². The molecule has 1 aromatic heterocycles. The number of alkyl halides is 3. The van der Waals surface area contributed by atoms with Crippen LogP contribution in [0.5, 0.6) is 0 Å². The number of aromatic nitrogens is 1. The molecule has 2 heterocycles. The molecular weight excluding hydrogens is 570 g/mol. The molecule has 222 valence electrons. The predicted molar refractivity (Wildman–Crippen MR) is 144 cm³/mol. The number of sulfonamides is 1. The number of halogens is 4. The number of ether oxygens (including phenoxy) is 1. The summed E-state index contributed by atoms with van der Waals surface area (Å²) < 4.78 is 91.2. The van der Waals surface area contributed by atoms with Gasteiger partial charge in [0, 0.05) is 24.8 Å². The summed E-state index contributed by atoms with van der Waals surface area (Å²) in [5, 5.41) is 2.99. The van der Waals surface area contributed by atoms with Gasteiger partial charge in [0.2, 0.25) is 10.0 Å². The number of hydrogen-bond donors (Lipinski definition) is 2. The minimum absolute atomic E-state index is 0.0763. The average Bonchev–Trinajstić information content (AvgIpc) is 3.26. The summed E-state index contributed by atoms with van der Waals surface area (Å²) in [5.41, 5.74) is -2.48. The van der Waals surface area contributed by atoms with Gasteiger partial charge >= 0.3 is 6.18 Å². The molecule has 40 heavy (non-hydrogen) atoms. The van der Waals surface area contributed by atoms with Crippen molar-refractivity contribution < 1.29 is 35.5 Å². The molecule has 13 heteroatoms. The van der Waals surface area contributed by atoms with Crippen molar-refractivity contribution in [1.82, 2.24) is 15.0 Å². The topological polar surface area (TPSA) is 97.4 Å². The second kappa shape index (κ2) is 12.0. The Balaban J connectivity index is 1.79. The number of thiazole rings is 1. The number of benzene rings is 1. The molecule has 1 aliphatic carbocycles. The maximum Gasteiger partial charge on any atom is 0.417 e. The van der Waals surface area contributed by atoms with Gasteiger partial charge in [0.15, 0.2) is 5.01 Å². The van der Waals surface area contributed by atoms with Crippen molar-refractivity contribution in [2.24, 2.45) is 5.92 Å². The second-order valence-corrected chi connectivity index (χ2v) is 14.2. The van der Waals surface area contributed by atoms with Gasteiger partial charge in [0.25, 0.3) is 5.91 Å². The number of amides is 1. The van der Waals surface area contributed by atoms with Crippen molar-refractivity contribution in [3.8, 4) is 10.4 Å². The maximum absolute atomic E-state index is 15.4. The normalized spacial score (nSPS) is 18.2. The zero-order valence-corrected chi connectivity index (χ0v) is 24.4. The van der Waals surface area contributed by atoms with Gasteiger partial charge in [-0.25, -0.2) is 22.5 Å². The quantitative estimate of drug-likeness (QED) is 0.373. The summed E-state index contributed by atoms with van der Waals surface area (Å²) in [5.74, 6) is -1.73. The van der Waals surface area contributed by atoms with Gasteiger partial charge in [0.1, 0.15) is 10.7 Å². The number of nitrogens with zero attached hydrogens (tertiary/aromatic N) is 1. The van der Waals surface area contributed by atoms with Gasteiger partial charge < -0.3 is 10.1 Å². The summed E-state index contributed by atoms with van der Waals surface area (Å²) in [6.07, 6.45) is 1.58. The lowest BCUT2D eigenvalue weighted by Gasteiger charge is -2.23. The van der Waals surface area contributed by atoms with E-state index in [-0.39, 0.29) is 27.4 Å². The van der Waals surface area contributed by atoms with E-state index in [0.717, 1.165) is 49.5 Å². The second-order valence-electron chi connectivity index (χ2n) is 11.6. The third-order valence-electron chi connectivity index (χ3n) is 6.98. The molecule has 1 aliphatic heterocycles. The SMILES string of the molecule is CC(C)(C)NS(=O)(=O)c1c(F)cc(-c2sc(C(=O)NC3CCOCC3)nc2CC2CCCCC2)cc1C(F)(F)F. The van der Waals surface area contributed by atoms with Gasteiger partial charge in [-0.2, -0.15) is 13.2 Å². The van der Waals surface area contributed by atoms with Crippen molar-refractivity contribution in [3.05, 3.63) is 34.2 Å². The van der Waals surface area contributed by atoms with Crippen LogP contribution in [0, 0.1) is 11.7 Å². The van der Waals surface area contributed by atoms with Crippen LogP contribution in [0.2, 0.25) is 0 Å². The third-order valence-corrected chi connectivity index (χ3v) is 9.95. The summed E-state index contributed by atoms with van der Waals surface area (Å²) in [7, 11) is -4.85. The highest BCUT2D eigenvalue weighted by molar-refractivity contribution is 7.89. The van der Waals surface area contributed by atoms with E-state index in [9.17, 15) is 26.4 Å². The van der Waals surface area contributed by atoms with E-state index < -0.39 is 43.9 Å². The van der Waals surface area contributed by atoms with Crippen LogP contribution >= 0.6 is 11.3 Å². The molecule has 2 aromatic rings. The first kappa shape index (κ1) is 30.9. The first-order valence-corrected chi connectivity index (χ1v) is 15.8. The standard InChI is InChI=1S/C27H35F4N3O4S2/c1-26(2,3)34-40(36,37)23-19(27(29,30)31)14-17(15-20(23)28)22-21(13-16-7-5-4-6-8-16)33-25(39-22)24(35)32-18-9-11-38-12-10-18/h14-16,18,34H,4-13H2,1-3H3,(H,32,35). The zero-order chi connectivity index (χ0) is 29.3. The van der Waals surface area contributed by atoms with Gasteiger partial charge in [0.05, 0.1) is 16.1 Å². The van der Waals surface area contributed by atoms with E-state index in [1.165, 1.54) is 20.8 Å². The lowest BCUT2D eigenvalue weighted by molar-refractivity contribution is -0.140. The van der Waals surface area contributed by atoms with Crippen molar-refractivity contribution in [2.75, 3.05) is 13.2 Å². The molecule has 7 nitrogen and oxygen atoms in total. The fraction of sp³-hybridized carbons (Fsp3) is 0.630. The highest BCUT2D eigenvalue weighted by Crippen LogP contribution is 2.42. The number of hydrogen-bond acceptors (Lipinski definition) is 6. The predicted octanol–water partition coefficient (Wildman–Crippen LogP) is 6.08. The first-order chi connectivity index (χ1) is 18.6. The fourth-order valence-electron chi connectivity index (χ4n) is 5.23. The highest BCUT2D eigenvalue weighted by Gasteiger charge is 2.41. The molecule has 1 saturated carbocycles. The van der Waals surface area contributed by atoms with Crippen LogP contribution in [-0.4, -0.2) is 44.1 Å². The monoisotopic (exact) mass is 605 g/mol. The Labute approximate surface area is 236 Å². The van der Waals surface area contributed by atoms with E-state index in [1.54, 1.807) is 0 Å². The molecule has 4 rings (SSSR count). The van der Waals surface area contributed by atoms with Crippen LogP contribution in [-0.2, 0) is 27.4 Å². The highest BCUT2D eigenvalue weighted by atomic mass is 32.2. The van der Waals surface area contributed by atoms with Crippen molar-refractivity contribution >= 4 is 27.3 Å². The van der Waals surface area contributed by atoms with E-state index in [2.05, 4.69) is 15.0 Å². The smallest absolute Gasteiger partial charge is 0.381 e. The van der Waals surface area contributed by atoms with Crippen LogP contribution in [0.4, 0.5) is 17.6 Å². The molecule has 1 aromatic carbocycles. The molecule has 2 fully saturated rings. The Kier molecular flexibility index (Phi) is 9.28. The Morgan fingerprint density at radius 1 is 1.07 bits per heavy atom. The molecule has 0 bridgehead atoms. The van der Waals surface area contributed by atoms with E-state index in [0.29, 0.717) is 44.2 Å². The largest absolute Gasteiger partial charge is 0.417 e. The number of carbonyl (C=O) groups is 1. The molecule has 0 atom stereocenters. The summed E-state index contributed by atoms with van der Waals surface area (Å²) in [4.78, 5) is 16.4. The lowest BCUT2D eigenvalue weighted by Crippen LogP contribution is -2.41. The van der Waals surface area contributed by atoms with Crippen LogP contribution in [0.15, 0.2) is 17.0 Å². The zero-order valence-electron chi connectivity index (χ0n) is 22.8. The Morgan fingerprint density at radius 3 is 2.33 bits per heavy atom. The number of carbonyl (C=O) groups excluding carboxylic acids is 1. The van der Waals surface area contributed by atoms with Crippen molar-refractivity contribution in [3.63, 3.8) is 0 Å². The molecule has 2 aliphatic rings. The first-order valence-electron chi connectivity index (χ1n) is 13.5. The molecule has 2 N–H and O–H groups in total. The van der Waals surface area contributed by atoms with Crippen LogP contribution < -0.4 is 10.0 Å². The summed E-state index contributed by atoms with van der Waals surface area (Å²) >= 11 is 0.896. The van der Waals surface area contributed by atoms with Crippen LogP contribution in [0.25, 0.3) is 10.4 Å². The summed E-state index contributed by atoms with van der Waals surface area (Å²) in [6.45, 7) is 5.38. The molecule has 1 amide bonds. The molecule has 0 radical (unpaired) electrons. The molecule has 0 unspecified atom stereocenters. The van der Waals surface area contributed by atoms with Gasteiger partial charge in [-0.05, 0) is 63.6 Å². The number of rotatable bonds is 7. The van der Waals surface area contributed by atoms with E-state index >= 15 is 4.39 Å².